The fraction of sp³-hybridized carbons (Fsp3) is 0.679. The van der Waals surface area contributed by atoms with Crippen molar-refractivity contribution in [3.8, 4) is 0 Å². The van der Waals surface area contributed by atoms with Crippen molar-refractivity contribution in [1.82, 2.24) is 34.6 Å². The Hall–Kier alpha value is -5.70. The van der Waals surface area contributed by atoms with E-state index in [1.54, 1.807) is 39.5 Å². The first-order valence-electron chi connectivity index (χ1n) is 27.2. The number of piperidine rings is 1. The zero-order valence-corrected chi connectivity index (χ0v) is 45.8. The molecule has 20 nitrogen and oxygen atoms in total. The van der Waals surface area contributed by atoms with E-state index < -0.39 is 65.9 Å². The van der Waals surface area contributed by atoms with Crippen LogP contribution in [0.25, 0.3) is 0 Å². The molecule has 6 rings (SSSR count). The van der Waals surface area contributed by atoms with Crippen LogP contribution in [0.3, 0.4) is 0 Å². The van der Waals surface area contributed by atoms with Crippen molar-refractivity contribution >= 4 is 47.1 Å². The number of fused-ring (bicyclic) bond motifs is 2. The number of Topliss-reactive ketones (excluding diaryl/α,β-unsaturated/α-hetero) is 2. The van der Waals surface area contributed by atoms with Crippen LogP contribution in [0.4, 0.5) is 0 Å². The van der Waals surface area contributed by atoms with Crippen LogP contribution in [0.5, 0.6) is 0 Å². The summed E-state index contributed by atoms with van der Waals surface area (Å²) >= 11 is 0. The maximum absolute atomic E-state index is 14.8. The van der Waals surface area contributed by atoms with E-state index in [9.17, 15) is 43.5 Å². The SMILES string of the molecule is CC[C@H](C)[C@@H]([C@@H](CC(=O)N1CCC[C@H]1[C@H](OC)[C@@H](C)C(=O)C[C@@H](Cc1ccccc1)C(=O)O)OC)N(C)C(=O)[C@@H](CC(=O)[C@@H]1[C@H]2CC[C@H](C2)N1C(=O)CCOCCOCCn1cc(CN2C(=O)C=CC2=O)nn1)C(C)C. The molecule has 3 aliphatic heterocycles. The number of carbonyl (C=O) groups excluding carboxylic acids is 7. The summed E-state index contributed by atoms with van der Waals surface area (Å²) in [5.41, 5.74) is 1.30. The van der Waals surface area contributed by atoms with Crippen LogP contribution in [0.15, 0.2) is 48.7 Å². The largest absolute Gasteiger partial charge is 0.481 e. The molecule has 4 aliphatic rings. The van der Waals surface area contributed by atoms with Gasteiger partial charge in [-0.3, -0.25) is 43.3 Å². The highest BCUT2D eigenvalue weighted by Crippen LogP contribution is 2.44. The predicted octanol–water partition coefficient (Wildman–Crippen LogP) is 4.56. The van der Waals surface area contributed by atoms with Crippen LogP contribution >= 0.6 is 0 Å². The van der Waals surface area contributed by atoms with Crippen molar-refractivity contribution in [1.29, 1.82) is 0 Å². The molecule has 2 aromatic rings. The van der Waals surface area contributed by atoms with E-state index in [-0.39, 0.29) is 112 Å². The van der Waals surface area contributed by atoms with E-state index in [1.165, 1.54) is 26.4 Å². The molecule has 1 aromatic carbocycles. The van der Waals surface area contributed by atoms with Gasteiger partial charge in [-0.2, -0.15) is 0 Å². The highest BCUT2D eigenvalue weighted by atomic mass is 16.5. The molecule has 3 fully saturated rings. The smallest absolute Gasteiger partial charge is 0.307 e. The second-order valence-electron chi connectivity index (χ2n) is 21.5. The number of carboxylic acids is 1. The number of carboxylic acid groups (broad SMARTS) is 1. The molecule has 1 N–H and O–H groups in total. The molecule has 2 bridgehead atoms. The maximum Gasteiger partial charge on any atom is 0.307 e. The summed E-state index contributed by atoms with van der Waals surface area (Å²) < 4.78 is 25.1. The van der Waals surface area contributed by atoms with E-state index in [2.05, 4.69) is 10.3 Å². The van der Waals surface area contributed by atoms with Gasteiger partial charge < -0.3 is 38.8 Å². The highest BCUT2D eigenvalue weighted by molar-refractivity contribution is 6.12. The van der Waals surface area contributed by atoms with Gasteiger partial charge in [0.2, 0.25) is 17.7 Å². The van der Waals surface area contributed by atoms with Crippen LogP contribution in [0.2, 0.25) is 0 Å². The third-order valence-corrected chi connectivity index (χ3v) is 16.3. The number of nitrogens with zero attached hydrogens (tertiary/aromatic N) is 7. The maximum atomic E-state index is 14.8. The van der Waals surface area contributed by atoms with Crippen molar-refractivity contribution in [2.75, 3.05) is 54.2 Å². The molecule has 11 atom stereocenters. The van der Waals surface area contributed by atoms with Gasteiger partial charge in [-0.1, -0.05) is 76.6 Å². The number of imide groups is 1. The van der Waals surface area contributed by atoms with Gasteiger partial charge in [-0.25, -0.2) is 4.68 Å². The summed E-state index contributed by atoms with van der Waals surface area (Å²) in [4.78, 5) is 114. The Morgan fingerprint density at radius 3 is 2.20 bits per heavy atom. The van der Waals surface area contributed by atoms with Crippen molar-refractivity contribution in [2.24, 2.45) is 35.5 Å². The molecule has 5 amide bonds. The Bertz CT molecular complexity index is 2340. The lowest BCUT2D eigenvalue weighted by atomic mass is 9.83. The minimum atomic E-state index is -1.05. The number of aliphatic carboxylic acids is 1. The zero-order chi connectivity index (χ0) is 55.2. The first-order chi connectivity index (χ1) is 36.4. The lowest BCUT2D eigenvalue weighted by Crippen LogP contribution is -2.54. The number of ketones is 2. The Balaban J connectivity index is 1.00. The number of methoxy groups -OCH3 is 2. The number of hydrogen-bond acceptors (Lipinski definition) is 14. The number of ether oxygens (including phenoxy) is 4. The number of carbonyl (C=O) groups is 8. The Kier molecular flexibility index (Phi) is 22.0. The van der Waals surface area contributed by atoms with Crippen LogP contribution in [-0.4, -0.2) is 177 Å². The summed E-state index contributed by atoms with van der Waals surface area (Å²) in [5.74, 6) is -5.35. The highest BCUT2D eigenvalue weighted by Gasteiger charge is 2.52. The van der Waals surface area contributed by atoms with Crippen molar-refractivity contribution in [2.45, 2.75) is 155 Å². The van der Waals surface area contributed by atoms with E-state index in [0.717, 1.165) is 29.7 Å². The molecule has 2 saturated heterocycles. The average Bonchev–Trinajstić information content (AvgIpc) is 4.28. The molecule has 20 heteroatoms. The molecule has 1 aromatic heterocycles. The first kappa shape index (κ1) is 59.5. The van der Waals surface area contributed by atoms with E-state index >= 15 is 0 Å². The molecule has 418 valence electrons. The minimum absolute atomic E-state index is 0.0194. The van der Waals surface area contributed by atoms with E-state index in [1.807, 2.05) is 58.0 Å². The molecule has 0 unspecified atom stereocenters. The summed E-state index contributed by atoms with van der Waals surface area (Å²) in [6.07, 6.45) is 7.16. The van der Waals surface area contributed by atoms with Gasteiger partial charge in [0.1, 0.15) is 11.5 Å². The van der Waals surface area contributed by atoms with Crippen LogP contribution in [-0.2, 0) is 76.8 Å². The molecule has 0 spiro atoms. The van der Waals surface area contributed by atoms with Crippen molar-refractivity contribution in [3.05, 3.63) is 59.9 Å². The molecular weight excluding hydrogens is 979 g/mol. The predicted molar refractivity (Wildman–Crippen MR) is 278 cm³/mol. The Morgan fingerprint density at radius 1 is 0.855 bits per heavy atom. The molecule has 1 aliphatic carbocycles. The standard InChI is InChI=1S/C56H81N7O13/c1-9-36(4)52(47(73-7)32-51(69)61-22-13-16-44(61)54(74-8)37(5)45(64)30-40(56(71)72)28-38-14-11-10-12-15-38)59(6)55(70)43(35(2)3)31-46(65)53-39-17-18-42(29-39)63(53)50(68)21-24-75-26-27-76-25-23-60-33-41(57-58-60)34-62-48(66)19-20-49(62)67/h10-12,14-15,19-20,33,35-37,39-40,42-44,47,52-54H,9,13,16-18,21-32,34H2,1-8H3,(H,71,72)/t36-,37-,39-,40+,42+,43-,44-,47+,52-,53-,54+/m0/s1. The first-order valence-corrected chi connectivity index (χ1v) is 27.2. The van der Waals surface area contributed by atoms with Gasteiger partial charge in [0.05, 0.1) is 94.8 Å². The summed E-state index contributed by atoms with van der Waals surface area (Å²) in [7, 11) is 4.77. The van der Waals surface area contributed by atoms with Gasteiger partial charge in [-0.15, -0.1) is 5.10 Å². The van der Waals surface area contributed by atoms with E-state index in [0.29, 0.717) is 44.7 Å². The van der Waals surface area contributed by atoms with Crippen LogP contribution in [0, 0.1) is 35.5 Å². The molecule has 0 radical (unpaired) electrons. The number of hydrogen-bond donors (Lipinski definition) is 1. The quantitative estimate of drug-likeness (QED) is 0.0781. The number of likely N-dealkylation sites (N-methyl/N-ethyl adjacent to an activating group) is 1. The zero-order valence-electron chi connectivity index (χ0n) is 45.8. The second-order valence-corrected chi connectivity index (χ2v) is 21.5. The summed E-state index contributed by atoms with van der Waals surface area (Å²) in [5, 5.41) is 18.1. The fourth-order valence-corrected chi connectivity index (χ4v) is 11.9. The number of benzene rings is 1. The van der Waals surface area contributed by atoms with E-state index in [4.69, 9.17) is 18.9 Å². The lowest BCUT2D eigenvalue weighted by molar-refractivity contribution is -0.150. The van der Waals surface area contributed by atoms with Gasteiger partial charge in [0.25, 0.3) is 11.8 Å². The fourth-order valence-electron chi connectivity index (χ4n) is 11.9. The van der Waals surface area contributed by atoms with Crippen molar-refractivity contribution < 1.29 is 62.4 Å². The van der Waals surface area contributed by atoms with Crippen LogP contribution < -0.4 is 0 Å². The minimum Gasteiger partial charge on any atom is -0.481 e. The second kappa shape index (κ2) is 28.1. The summed E-state index contributed by atoms with van der Waals surface area (Å²) in [6.45, 7) is 11.5. The lowest BCUT2D eigenvalue weighted by Gasteiger charge is -2.41. The normalized spacial score (nSPS) is 22.0. The van der Waals surface area contributed by atoms with Gasteiger partial charge >= 0.3 is 5.97 Å². The molecule has 76 heavy (non-hydrogen) atoms. The molecule has 4 heterocycles. The Morgan fingerprint density at radius 2 is 1.55 bits per heavy atom. The van der Waals surface area contributed by atoms with Gasteiger partial charge in [-0.05, 0) is 61.8 Å². The monoisotopic (exact) mass is 1060 g/mol. The van der Waals surface area contributed by atoms with Gasteiger partial charge in [0, 0.05) is 70.7 Å². The van der Waals surface area contributed by atoms with Crippen molar-refractivity contribution in [3.63, 3.8) is 0 Å². The Labute approximate surface area is 447 Å². The molecular formula is C56H81N7O13. The topological polar surface area (TPSA) is 237 Å². The number of likely N-dealkylation sites (tertiary alicyclic amines) is 2. The third-order valence-electron chi connectivity index (χ3n) is 16.3. The number of amides is 5. The molecule has 1 saturated carbocycles. The third kappa shape index (κ3) is 14.9. The number of rotatable bonds is 32. The van der Waals surface area contributed by atoms with Crippen LogP contribution in [0.1, 0.15) is 110 Å². The summed E-state index contributed by atoms with van der Waals surface area (Å²) in [6, 6.07) is 7.59. The average molecular weight is 1060 g/mol. The van der Waals surface area contributed by atoms with Gasteiger partial charge in [0.15, 0.2) is 5.78 Å². The number of aromatic nitrogens is 3.